The molecule has 7 heteroatoms. The van der Waals surface area contributed by atoms with Crippen molar-refractivity contribution < 1.29 is 11.0 Å². The van der Waals surface area contributed by atoms with E-state index in [1.807, 2.05) is 6.07 Å². The topological polar surface area (TPSA) is 26.2 Å². The van der Waals surface area contributed by atoms with Crippen molar-refractivity contribution in [2.45, 2.75) is 157 Å². The first-order valence-electron chi connectivity index (χ1n) is 48.9. The largest absolute Gasteiger partial charge is 0.311 e. The van der Waals surface area contributed by atoms with Crippen LogP contribution in [-0.2, 0) is 32.5 Å². The standard InChI is InChI=1S/C120H109BN6/c1-115(2,3)80-48-56-102-94(68-80)95-69-81(116(4,5)6)49-57-103(95)123(102)87-52-54-98-108(72-87)124(89-63-76(74-34-22-19-23-35-74)60-77(64-89)75-36-24-20-25-37-75)110-65-79(78-61-84(119(13,14)15)67-85(62-78)120(16,17)18)66-111-112(110)121(98)99-55-53-88(122-100-44-30-28-40-90(100)91-41-29-31-45-101(91)122)73-109(99)127(111)107-47-33-43-93-92-42-32-46-106(113(92)125(114(93)107)86-38-26-21-27-39-86)126-104-58-50-82(117(7,8)9)70-96(104)97-71-83(118(10,11)12)51-59-105(97)126/h19-73H,1-18H3/i28D,29D,30D,31D,40D,41D,44D,45D. The second-order valence-corrected chi connectivity index (χ2v) is 41.7. The number of aromatic nitrogens is 4. The van der Waals surface area contributed by atoms with Crippen LogP contribution in [0.4, 0.5) is 34.1 Å². The summed E-state index contributed by atoms with van der Waals surface area (Å²) in [6, 6.07) is 103. The summed E-state index contributed by atoms with van der Waals surface area (Å²) in [7, 11) is 0. The Hall–Kier alpha value is -13.6. The van der Waals surface area contributed by atoms with Crippen molar-refractivity contribution in [2.75, 3.05) is 9.80 Å². The first kappa shape index (κ1) is 70.6. The summed E-state index contributed by atoms with van der Waals surface area (Å²) in [5.41, 5.74) is 30.3. The molecule has 0 atom stereocenters. The number of fused-ring (bicyclic) bond motifs is 16. The van der Waals surface area contributed by atoms with Crippen LogP contribution in [0.1, 0.15) is 169 Å². The third-order valence-electron chi connectivity index (χ3n) is 27.2. The number of anilines is 6. The van der Waals surface area contributed by atoms with Crippen molar-refractivity contribution in [1.82, 2.24) is 18.3 Å². The molecule has 6 heterocycles. The fourth-order valence-corrected chi connectivity index (χ4v) is 20.3. The van der Waals surface area contributed by atoms with Gasteiger partial charge in [0.05, 0.1) is 66.5 Å². The molecule has 2 aliphatic rings. The van der Waals surface area contributed by atoms with Crippen molar-refractivity contribution in [1.29, 1.82) is 0 Å². The lowest BCUT2D eigenvalue weighted by atomic mass is 9.33. The third-order valence-corrected chi connectivity index (χ3v) is 27.2. The lowest BCUT2D eigenvalue weighted by Gasteiger charge is -2.45. The summed E-state index contributed by atoms with van der Waals surface area (Å²) in [6.45, 7) is 40.8. The molecule has 0 unspecified atom stereocenters. The van der Waals surface area contributed by atoms with Gasteiger partial charge in [-0.2, -0.15) is 0 Å². The van der Waals surface area contributed by atoms with Gasteiger partial charge in [0.1, 0.15) is 0 Å². The maximum absolute atomic E-state index is 10.1. The van der Waals surface area contributed by atoms with E-state index in [1.165, 1.54) is 54.9 Å². The van der Waals surface area contributed by atoms with E-state index in [9.17, 15) is 11.0 Å². The molecule has 0 bridgehead atoms. The van der Waals surface area contributed by atoms with Crippen molar-refractivity contribution in [3.8, 4) is 56.1 Å². The van der Waals surface area contributed by atoms with Crippen LogP contribution in [0.15, 0.2) is 333 Å². The van der Waals surface area contributed by atoms with Gasteiger partial charge in [0.25, 0.3) is 6.71 Å². The molecule has 0 aliphatic carbocycles. The molecule has 4 aromatic heterocycles. The number of benzene rings is 16. The molecule has 0 spiro atoms. The van der Waals surface area contributed by atoms with Gasteiger partial charge in [-0.25, -0.2) is 0 Å². The van der Waals surface area contributed by atoms with E-state index in [0.29, 0.717) is 5.69 Å². The molecular weight excluding hydrogens is 1540 g/mol. The second-order valence-electron chi connectivity index (χ2n) is 41.7. The van der Waals surface area contributed by atoms with E-state index < -0.39 is 43.0 Å². The molecule has 622 valence electrons. The Morgan fingerprint density at radius 3 is 1.02 bits per heavy atom. The first-order chi connectivity index (χ1) is 64.1. The molecule has 127 heavy (non-hydrogen) atoms. The lowest BCUT2D eigenvalue weighted by Crippen LogP contribution is -2.61. The number of nitrogens with zero attached hydrogens (tertiary/aromatic N) is 6. The fourth-order valence-electron chi connectivity index (χ4n) is 20.3. The van der Waals surface area contributed by atoms with Crippen LogP contribution < -0.4 is 26.2 Å². The van der Waals surface area contributed by atoms with Crippen molar-refractivity contribution in [3.05, 3.63) is 367 Å². The fraction of sp³-hybridized carbons (Fsp3) is 0.200. The highest BCUT2D eigenvalue weighted by Gasteiger charge is 2.46. The summed E-state index contributed by atoms with van der Waals surface area (Å²) >= 11 is 0. The zero-order valence-electron chi connectivity index (χ0n) is 83.9. The molecule has 0 N–H and O–H groups in total. The minimum Gasteiger partial charge on any atom is -0.311 e. The molecule has 0 saturated carbocycles. The first-order valence-corrected chi connectivity index (χ1v) is 44.9. The molecule has 6 nitrogen and oxygen atoms in total. The monoisotopic (exact) mass is 1650 g/mol. The SMILES string of the molecule is [2H]c1c([2H])c([2H])c2c(c1[2H])c1c([2H])c([2H])c([2H])c([2H])c1n2-c1ccc2c(c1)N(c1cccc3c4cccc(-n5c6ccc(C(C)(C)C)cc6c6cc(C(C)(C)C)ccc65)c4n(-c4ccccc4)c13)c1cc(-c3cc(C(C)(C)C)cc(C(C)(C)C)c3)cc3c1B2c1ccc(-n2c4ccc(C(C)(C)C)cc4c4cc(C(C)(C)C)ccc42)cc1N3c1cc(-c2ccccc2)cc(-c2ccccc2)c1. The number of rotatable bonds is 9. The Kier molecular flexibility index (Phi) is 15.8. The van der Waals surface area contributed by atoms with Gasteiger partial charge in [-0.15, -0.1) is 0 Å². The quantitative estimate of drug-likeness (QED) is 0.135. The van der Waals surface area contributed by atoms with Crippen LogP contribution in [0.3, 0.4) is 0 Å². The molecule has 0 amide bonds. The predicted molar refractivity (Wildman–Crippen MR) is 546 cm³/mol. The van der Waals surface area contributed by atoms with E-state index in [-0.39, 0.29) is 66.4 Å². The highest BCUT2D eigenvalue weighted by molar-refractivity contribution is 7.00. The van der Waals surface area contributed by atoms with Gasteiger partial charge < -0.3 is 28.1 Å². The predicted octanol–water partition coefficient (Wildman–Crippen LogP) is 30.9. The summed E-state index contributed by atoms with van der Waals surface area (Å²) in [6.07, 6.45) is 0. The molecule has 0 fully saturated rings. The third kappa shape index (κ3) is 12.9. The zero-order chi connectivity index (χ0) is 94.6. The van der Waals surface area contributed by atoms with Crippen LogP contribution in [0, 0.1) is 0 Å². The van der Waals surface area contributed by atoms with Gasteiger partial charge in [0.2, 0.25) is 0 Å². The van der Waals surface area contributed by atoms with E-state index in [2.05, 4.69) is 427 Å². The minimum absolute atomic E-state index is 0.00111. The average Bonchev–Trinajstić information content (AvgIpc) is 1.63. The molecular formula is C120H109BN6. The summed E-state index contributed by atoms with van der Waals surface area (Å²) in [5.74, 6) is 0. The summed E-state index contributed by atoms with van der Waals surface area (Å²) in [5, 5.41) is 6.71. The summed E-state index contributed by atoms with van der Waals surface area (Å²) < 4.78 is 86.6. The van der Waals surface area contributed by atoms with Crippen molar-refractivity contribution in [3.63, 3.8) is 0 Å². The maximum Gasteiger partial charge on any atom is 0.252 e. The van der Waals surface area contributed by atoms with Crippen LogP contribution in [0.25, 0.3) is 143 Å². The van der Waals surface area contributed by atoms with E-state index in [1.54, 1.807) is 4.57 Å². The van der Waals surface area contributed by atoms with E-state index >= 15 is 0 Å². The lowest BCUT2D eigenvalue weighted by molar-refractivity contribution is 0.569. The highest BCUT2D eigenvalue weighted by Crippen LogP contribution is 2.54. The highest BCUT2D eigenvalue weighted by atomic mass is 15.2. The molecule has 20 aromatic rings. The molecule has 22 rings (SSSR count). The molecule has 0 saturated heterocycles. The molecule has 16 aromatic carbocycles. The van der Waals surface area contributed by atoms with Gasteiger partial charge in [-0.3, -0.25) is 0 Å². The Balaban J connectivity index is 0.932. The Labute approximate surface area is 759 Å². The normalized spacial score (nSPS) is 14.3. The Morgan fingerprint density at radius 2 is 0.583 bits per heavy atom. The van der Waals surface area contributed by atoms with Crippen LogP contribution >= 0.6 is 0 Å². The number of hydrogen-bond donors (Lipinski definition) is 0. The Morgan fingerprint density at radius 1 is 0.213 bits per heavy atom. The molecule has 2 aliphatic heterocycles. The Bertz CT molecular complexity index is 8150. The number of para-hydroxylation sites is 5. The van der Waals surface area contributed by atoms with E-state index in [0.717, 1.165) is 145 Å². The van der Waals surface area contributed by atoms with Crippen LogP contribution in [0.2, 0.25) is 0 Å². The second kappa shape index (κ2) is 28.4. The van der Waals surface area contributed by atoms with Gasteiger partial charge in [-0.05, 0) is 255 Å². The van der Waals surface area contributed by atoms with Gasteiger partial charge >= 0.3 is 0 Å². The smallest absolute Gasteiger partial charge is 0.252 e. The van der Waals surface area contributed by atoms with Crippen LogP contribution in [0.5, 0.6) is 0 Å². The van der Waals surface area contributed by atoms with Crippen molar-refractivity contribution >= 4 is 144 Å². The minimum atomic E-state index is -0.560. The maximum atomic E-state index is 10.1. The van der Waals surface area contributed by atoms with Gasteiger partial charge in [-0.1, -0.05) is 319 Å². The van der Waals surface area contributed by atoms with E-state index in [4.69, 9.17) is 0 Å². The van der Waals surface area contributed by atoms with Gasteiger partial charge in [0, 0.05) is 88.6 Å². The average molecular weight is 1650 g/mol. The zero-order valence-corrected chi connectivity index (χ0v) is 75.9. The summed E-state index contributed by atoms with van der Waals surface area (Å²) in [4.78, 5) is 5.04. The number of hydrogen-bond acceptors (Lipinski definition) is 2. The van der Waals surface area contributed by atoms with Crippen LogP contribution in [-0.4, -0.2) is 25.0 Å². The van der Waals surface area contributed by atoms with Crippen molar-refractivity contribution in [2.24, 2.45) is 0 Å². The van der Waals surface area contributed by atoms with Gasteiger partial charge in [0.15, 0.2) is 0 Å². The molecule has 0 radical (unpaired) electrons.